The number of carbonyl (C=O) groups is 1. The largest absolute Gasteiger partial charge is 0.505 e. The number of aromatic nitrogens is 1. The number of hydrogen-bond donors (Lipinski definition) is 1. The molecule has 0 unspecified atom stereocenters. The molecular formula is C20H25N2O4. The first-order valence-electron chi connectivity index (χ1n) is 8.80. The first-order chi connectivity index (χ1) is 12.0. The summed E-state index contributed by atoms with van der Waals surface area (Å²) in [5.41, 5.74) is -0.126. The molecule has 0 amide bonds. The molecule has 1 N–H and O–H groups in total. The van der Waals surface area contributed by atoms with Crippen LogP contribution in [0.2, 0.25) is 0 Å². The summed E-state index contributed by atoms with van der Waals surface area (Å²) in [6.45, 7) is 9.06. The smallest absolute Gasteiger partial charge is 0.342 e. The van der Waals surface area contributed by atoms with Crippen molar-refractivity contribution in [2.24, 2.45) is 0 Å². The molecule has 26 heavy (non-hydrogen) atoms. The number of para-hydroxylation sites is 1. The van der Waals surface area contributed by atoms with Crippen LogP contribution in [0.15, 0.2) is 24.3 Å². The predicted octanol–water partition coefficient (Wildman–Crippen LogP) is 3.77. The van der Waals surface area contributed by atoms with Gasteiger partial charge in [0.2, 0.25) is 0 Å². The number of pyridine rings is 1. The van der Waals surface area contributed by atoms with Crippen molar-refractivity contribution in [1.29, 1.82) is 0 Å². The lowest BCUT2D eigenvalue weighted by Gasteiger charge is -2.49. The molecule has 0 saturated carbocycles. The van der Waals surface area contributed by atoms with Crippen molar-refractivity contribution < 1.29 is 19.8 Å². The molecule has 2 heterocycles. The average Bonchev–Trinajstić information content (AvgIpc) is 2.53. The van der Waals surface area contributed by atoms with Gasteiger partial charge in [0.05, 0.1) is 11.2 Å². The summed E-state index contributed by atoms with van der Waals surface area (Å²) in [4.78, 5) is 17.2. The minimum absolute atomic E-state index is 0.133. The van der Waals surface area contributed by atoms with Crippen molar-refractivity contribution in [2.75, 3.05) is 0 Å². The number of fused-ring (bicyclic) bond motifs is 1. The second-order valence-electron chi connectivity index (χ2n) is 8.29. The molecule has 1 radical (unpaired) electrons. The number of hydrogen-bond acceptors (Lipinski definition) is 5. The Morgan fingerprint density at radius 2 is 1.77 bits per heavy atom. The topological polar surface area (TPSA) is 82.6 Å². The molecule has 1 fully saturated rings. The van der Waals surface area contributed by atoms with E-state index in [4.69, 9.17) is 4.74 Å². The van der Waals surface area contributed by atoms with E-state index >= 15 is 0 Å². The summed E-state index contributed by atoms with van der Waals surface area (Å²) < 4.78 is 5.75. The highest BCUT2D eigenvalue weighted by Gasteiger charge is 2.47. The second kappa shape index (κ2) is 6.21. The highest BCUT2D eigenvalue weighted by Crippen LogP contribution is 2.39. The van der Waals surface area contributed by atoms with Crippen LogP contribution in [0.25, 0.3) is 10.9 Å². The Kier molecular flexibility index (Phi) is 4.45. The molecule has 1 aliphatic rings. The lowest BCUT2D eigenvalue weighted by molar-refractivity contribution is -0.298. The number of ether oxygens (including phenoxy) is 1. The number of carbonyl (C=O) groups excluding carboxylic acids is 1. The minimum atomic E-state index is -0.634. The van der Waals surface area contributed by atoms with E-state index < -0.39 is 23.2 Å². The molecule has 0 aliphatic carbocycles. The SMILES string of the molecule is Cc1nc2ccccc2c(C(=O)OC2CC(C)(C)N([O])C(C)(C)C2)c1O. The van der Waals surface area contributed by atoms with E-state index in [1.165, 1.54) is 0 Å². The highest BCUT2D eigenvalue weighted by atomic mass is 16.5. The molecule has 1 aromatic heterocycles. The number of hydroxylamine groups is 2. The number of nitrogens with zero attached hydrogens (tertiary/aromatic N) is 2. The maximum atomic E-state index is 12.9. The molecule has 0 bridgehead atoms. The molecule has 6 nitrogen and oxygen atoms in total. The van der Waals surface area contributed by atoms with Crippen LogP contribution in [-0.2, 0) is 9.94 Å². The Morgan fingerprint density at radius 1 is 1.19 bits per heavy atom. The third kappa shape index (κ3) is 3.15. The Balaban J connectivity index is 1.94. The fraction of sp³-hybridized carbons (Fsp3) is 0.500. The number of aryl methyl sites for hydroxylation is 1. The predicted molar refractivity (Wildman–Crippen MR) is 97.3 cm³/mol. The molecule has 139 valence electrons. The van der Waals surface area contributed by atoms with Crippen LogP contribution in [0.4, 0.5) is 0 Å². The molecule has 2 aromatic rings. The zero-order chi connectivity index (χ0) is 19.3. The Labute approximate surface area is 153 Å². The summed E-state index contributed by atoms with van der Waals surface area (Å²) in [6, 6.07) is 7.15. The lowest BCUT2D eigenvalue weighted by Crippen LogP contribution is -2.60. The van der Waals surface area contributed by atoms with Crippen LogP contribution in [0.3, 0.4) is 0 Å². The van der Waals surface area contributed by atoms with Gasteiger partial charge in [0.25, 0.3) is 0 Å². The van der Waals surface area contributed by atoms with Gasteiger partial charge < -0.3 is 9.84 Å². The van der Waals surface area contributed by atoms with E-state index in [0.29, 0.717) is 29.4 Å². The van der Waals surface area contributed by atoms with Crippen LogP contribution in [-0.4, -0.2) is 38.3 Å². The maximum absolute atomic E-state index is 12.9. The zero-order valence-corrected chi connectivity index (χ0v) is 15.9. The normalized spacial score (nSPS) is 20.2. The number of benzene rings is 1. The minimum Gasteiger partial charge on any atom is -0.505 e. The van der Waals surface area contributed by atoms with E-state index in [-0.39, 0.29) is 11.3 Å². The van der Waals surface area contributed by atoms with Crippen molar-refractivity contribution in [2.45, 2.75) is 64.6 Å². The van der Waals surface area contributed by atoms with Crippen molar-refractivity contribution in [3.8, 4) is 5.75 Å². The second-order valence-corrected chi connectivity index (χ2v) is 8.29. The fourth-order valence-corrected chi connectivity index (χ4v) is 4.00. The van der Waals surface area contributed by atoms with Gasteiger partial charge in [0, 0.05) is 29.3 Å². The lowest BCUT2D eigenvalue weighted by atomic mass is 9.80. The van der Waals surface area contributed by atoms with Crippen LogP contribution in [0.1, 0.15) is 56.6 Å². The van der Waals surface area contributed by atoms with Gasteiger partial charge in [-0.05, 0) is 40.7 Å². The molecule has 0 spiro atoms. The van der Waals surface area contributed by atoms with Gasteiger partial charge in [-0.3, -0.25) is 0 Å². The van der Waals surface area contributed by atoms with Gasteiger partial charge in [0.15, 0.2) is 5.75 Å². The highest BCUT2D eigenvalue weighted by molar-refractivity contribution is 6.06. The summed E-state index contributed by atoms with van der Waals surface area (Å²) in [5, 5.41) is 24.5. The van der Waals surface area contributed by atoms with E-state index in [2.05, 4.69) is 4.98 Å². The molecule has 0 atom stereocenters. The average molecular weight is 357 g/mol. The fourth-order valence-electron chi connectivity index (χ4n) is 4.00. The van der Waals surface area contributed by atoms with Gasteiger partial charge in [-0.2, -0.15) is 0 Å². The van der Waals surface area contributed by atoms with Gasteiger partial charge in [0.1, 0.15) is 11.7 Å². The zero-order valence-electron chi connectivity index (χ0n) is 15.9. The quantitative estimate of drug-likeness (QED) is 0.827. The van der Waals surface area contributed by atoms with E-state index in [1.807, 2.05) is 33.8 Å². The maximum Gasteiger partial charge on any atom is 0.342 e. The Morgan fingerprint density at radius 3 is 2.38 bits per heavy atom. The molecule has 1 aromatic carbocycles. The van der Waals surface area contributed by atoms with E-state index in [0.717, 1.165) is 5.06 Å². The summed E-state index contributed by atoms with van der Waals surface area (Å²) in [6.07, 6.45) is 0.479. The molecule has 3 rings (SSSR count). The standard InChI is InChI=1S/C20H25N2O4/c1-12-17(23)16(14-8-6-7-9-15(14)21-12)18(24)26-13-10-19(2,3)22(25)20(4,5)11-13/h6-9,13,23H,10-11H2,1-5H3. The van der Waals surface area contributed by atoms with Gasteiger partial charge in [-0.1, -0.05) is 18.2 Å². The van der Waals surface area contributed by atoms with Crippen molar-refractivity contribution in [3.63, 3.8) is 0 Å². The number of aromatic hydroxyl groups is 1. The molecule has 1 aliphatic heterocycles. The van der Waals surface area contributed by atoms with Crippen LogP contribution in [0, 0.1) is 6.92 Å². The number of esters is 1. The molecular weight excluding hydrogens is 332 g/mol. The Hall–Kier alpha value is -2.18. The van der Waals surface area contributed by atoms with Gasteiger partial charge >= 0.3 is 5.97 Å². The Bertz CT molecular complexity index is 842. The molecule has 6 heteroatoms. The van der Waals surface area contributed by atoms with E-state index in [1.54, 1.807) is 25.1 Å². The van der Waals surface area contributed by atoms with Crippen molar-refractivity contribution in [1.82, 2.24) is 10.0 Å². The third-order valence-electron chi connectivity index (χ3n) is 5.07. The number of rotatable bonds is 2. The van der Waals surface area contributed by atoms with Gasteiger partial charge in [-0.15, -0.1) is 10.3 Å². The summed E-state index contributed by atoms with van der Waals surface area (Å²) in [5.74, 6) is -0.742. The third-order valence-corrected chi connectivity index (χ3v) is 5.07. The summed E-state index contributed by atoms with van der Waals surface area (Å²) in [7, 11) is 0. The van der Waals surface area contributed by atoms with Crippen LogP contribution in [0.5, 0.6) is 5.75 Å². The first kappa shape index (κ1) is 18.6. The molecule has 1 saturated heterocycles. The van der Waals surface area contributed by atoms with Crippen molar-refractivity contribution >= 4 is 16.9 Å². The van der Waals surface area contributed by atoms with Crippen molar-refractivity contribution in [3.05, 3.63) is 35.5 Å². The first-order valence-corrected chi connectivity index (χ1v) is 8.80. The summed E-state index contributed by atoms with van der Waals surface area (Å²) >= 11 is 0. The van der Waals surface area contributed by atoms with Gasteiger partial charge in [-0.25, -0.2) is 9.78 Å². The van der Waals surface area contributed by atoms with Crippen LogP contribution >= 0.6 is 0 Å². The van der Waals surface area contributed by atoms with E-state index in [9.17, 15) is 15.1 Å². The monoisotopic (exact) mass is 357 g/mol. The van der Waals surface area contributed by atoms with Crippen LogP contribution < -0.4 is 0 Å². The number of piperidine rings is 1.